The molecule has 21 heavy (non-hydrogen) atoms. The number of ether oxygens (including phenoxy) is 1. The van der Waals surface area contributed by atoms with Crippen LogP contribution >= 0.6 is 0 Å². The van der Waals surface area contributed by atoms with Gasteiger partial charge in [0.2, 0.25) is 0 Å². The quantitative estimate of drug-likeness (QED) is 0.584. The molecule has 104 valence electrons. The first-order valence-electron chi connectivity index (χ1n) is 6.56. The predicted molar refractivity (Wildman–Crippen MR) is 82.7 cm³/mol. The summed E-state index contributed by atoms with van der Waals surface area (Å²) >= 11 is 0. The fraction of sp³-hybridized carbons (Fsp3) is 0.0588. The Morgan fingerprint density at radius 3 is 2.67 bits per heavy atom. The summed E-state index contributed by atoms with van der Waals surface area (Å²) in [7, 11) is 0. The zero-order valence-corrected chi connectivity index (χ0v) is 11.5. The van der Waals surface area contributed by atoms with Crippen molar-refractivity contribution in [3.05, 3.63) is 60.3 Å². The maximum Gasteiger partial charge on any atom is 0.162 e. The minimum Gasteiger partial charge on any atom is -0.457 e. The highest BCUT2D eigenvalue weighted by Crippen LogP contribution is 2.27. The third kappa shape index (κ3) is 2.69. The van der Waals surface area contributed by atoms with E-state index in [0.29, 0.717) is 22.7 Å². The summed E-state index contributed by atoms with van der Waals surface area (Å²) in [5.74, 6) is 1.16. The number of hydrogen-bond donors (Lipinski definition) is 1. The first-order valence-corrected chi connectivity index (χ1v) is 6.56. The van der Waals surface area contributed by atoms with Crippen LogP contribution in [0.5, 0.6) is 11.5 Å². The number of rotatable bonds is 3. The number of aromatic nitrogens is 1. The van der Waals surface area contributed by atoms with Gasteiger partial charge in [-0.15, -0.1) is 0 Å². The van der Waals surface area contributed by atoms with Gasteiger partial charge in [0, 0.05) is 28.9 Å². The monoisotopic (exact) mass is 278 g/mol. The summed E-state index contributed by atoms with van der Waals surface area (Å²) in [6.07, 6.45) is 1.74. The van der Waals surface area contributed by atoms with Crippen molar-refractivity contribution >= 4 is 22.4 Å². The summed E-state index contributed by atoms with van der Waals surface area (Å²) < 4.78 is 5.78. The number of nitrogens with two attached hydrogens (primary N) is 1. The third-order valence-corrected chi connectivity index (χ3v) is 3.22. The summed E-state index contributed by atoms with van der Waals surface area (Å²) in [6.45, 7) is 1.48. The highest BCUT2D eigenvalue weighted by Gasteiger charge is 2.07. The smallest absolute Gasteiger partial charge is 0.162 e. The lowest BCUT2D eigenvalue weighted by Crippen LogP contribution is -1.99. The van der Waals surface area contributed by atoms with Gasteiger partial charge in [-0.2, -0.15) is 0 Å². The van der Waals surface area contributed by atoms with Gasteiger partial charge in [0.15, 0.2) is 5.78 Å². The SMILES string of the molecule is CC(=O)c1cc(Oc2ccc3cccnc3c2)ccc1N. The molecule has 0 amide bonds. The largest absolute Gasteiger partial charge is 0.457 e. The van der Waals surface area contributed by atoms with Crippen molar-refractivity contribution in [2.45, 2.75) is 6.92 Å². The molecule has 0 bridgehead atoms. The zero-order chi connectivity index (χ0) is 14.8. The molecule has 0 saturated carbocycles. The van der Waals surface area contributed by atoms with Crippen LogP contribution in [-0.4, -0.2) is 10.8 Å². The van der Waals surface area contributed by atoms with Crippen LogP contribution in [0, 0.1) is 0 Å². The molecule has 1 aromatic heterocycles. The molecule has 3 rings (SSSR count). The molecule has 0 radical (unpaired) electrons. The molecule has 2 aromatic carbocycles. The average molecular weight is 278 g/mol. The van der Waals surface area contributed by atoms with Crippen molar-refractivity contribution in [2.75, 3.05) is 5.73 Å². The van der Waals surface area contributed by atoms with Crippen LogP contribution in [0.15, 0.2) is 54.7 Å². The van der Waals surface area contributed by atoms with Crippen LogP contribution in [0.3, 0.4) is 0 Å². The zero-order valence-electron chi connectivity index (χ0n) is 11.5. The number of carbonyl (C=O) groups excluding carboxylic acids is 1. The summed E-state index contributed by atoms with van der Waals surface area (Å²) in [5, 5.41) is 1.05. The summed E-state index contributed by atoms with van der Waals surface area (Å²) in [4.78, 5) is 15.8. The van der Waals surface area contributed by atoms with Gasteiger partial charge in [0.25, 0.3) is 0 Å². The van der Waals surface area contributed by atoms with Crippen molar-refractivity contribution in [3.63, 3.8) is 0 Å². The van der Waals surface area contributed by atoms with Gasteiger partial charge >= 0.3 is 0 Å². The molecule has 0 unspecified atom stereocenters. The molecular formula is C17H14N2O2. The number of pyridine rings is 1. The number of ketones is 1. The Kier molecular flexibility index (Phi) is 3.28. The van der Waals surface area contributed by atoms with Crippen LogP contribution in [0.25, 0.3) is 10.9 Å². The minimum absolute atomic E-state index is 0.0851. The van der Waals surface area contributed by atoms with Crippen LogP contribution in [0.2, 0.25) is 0 Å². The molecule has 0 saturated heterocycles. The van der Waals surface area contributed by atoms with Gasteiger partial charge in [0.1, 0.15) is 11.5 Å². The van der Waals surface area contributed by atoms with E-state index in [4.69, 9.17) is 10.5 Å². The Balaban J connectivity index is 1.94. The van der Waals surface area contributed by atoms with Gasteiger partial charge in [-0.3, -0.25) is 9.78 Å². The molecule has 0 spiro atoms. The number of fused-ring (bicyclic) bond motifs is 1. The highest BCUT2D eigenvalue weighted by atomic mass is 16.5. The Labute approximate surface area is 122 Å². The van der Waals surface area contributed by atoms with Gasteiger partial charge in [-0.25, -0.2) is 0 Å². The second-order valence-corrected chi connectivity index (χ2v) is 4.77. The lowest BCUT2D eigenvalue weighted by atomic mass is 10.1. The number of nitrogen functional groups attached to an aromatic ring is 1. The van der Waals surface area contributed by atoms with Gasteiger partial charge in [-0.05, 0) is 43.3 Å². The molecule has 0 aliphatic heterocycles. The lowest BCUT2D eigenvalue weighted by Gasteiger charge is -2.09. The second-order valence-electron chi connectivity index (χ2n) is 4.77. The first kappa shape index (κ1) is 13.1. The molecule has 4 heteroatoms. The summed E-state index contributed by atoms with van der Waals surface area (Å²) in [6, 6.07) is 14.6. The fourth-order valence-corrected chi connectivity index (χ4v) is 2.15. The normalized spacial score (nSPS) is 10.5. The molecule has 0 atom stereocenters. The molecular weight excluding hydrogens is 264 g/mol. The molecule has 1 heterocycles. The van der Waals surface area contributed by atoms with Gasteiger partial charge in [-0.1, -0.05) is 6.07 Å². The van der Waals surface area contributed by atoms with Crippen LogP contribution in [0.1, 0.15) is 17.3 Å². The van der Waals surface area contributed by atoms with E-state index in [0.717, 1.165) is 10.9 Å². The second kappa shape index (κ2) is 5.25. The van der Waals surface area contributed by atoms with Crippen LogP contribution < -0.4 is 10.5 Å². The van der Waals surface area contributed by atoms with Crippen molar-refractivity contribution < 1.29 is 9.53 Å². The van der Waals surface area contributed by atoms with E-state index in [1.807, 2.05) is 30.3 Å². The Morgan fingerprint density at radius 1 is 1.10 bits per heavy atom. The Hall–Kier alpha value is -2.88. The lowest BCUT2D eigenvalue weighted by molar-refractivity contribution is 0.101. The number of carbonyl (C=O) groups is 1. The Morgan fingerprint density at radius 2 is 1.86 bits per heavy atom. The topological polar surface area (TPSA) is 65.2 Å². The van der Waals surface area contributed by atoms with E-state index in [1.165, 1.54) is 6.92 Å². The highest BCUT2D eigenvalue weighted by molar-refractivity contribution is 5.99. The van der Waals surface area contributed by atoms with Gasteiger partial charge in [0.05, 0.1) is 5.52 Å². The van der Waals surface area contributed by atoms with Crippen LogP contribution in [-0.2, 0) is 0 Å². The molecule has 2 N–H and O–H groups in total. The molecule has 3 aromatic rings. The standard InChI is InChI=1S/C17H14N2O2/c1-11(20)15-9-13(6-7-16(15)18)21-14-5-4-12-3-2-8-19-17(12)10-14/h2-10H,18H2,1H3. The molecule has 0 aliphatic rings. The van der Waals surface area contributed by atoms with Crippen molar-refractivity contribution in [1.82, 2.24) is 4.98 Å². The first-order chi connectivity index (χ1) is 10.1. The Bertz CT molecular complexity index is 828. The van der Waals surface area contributed by atoms with E-state index >= 15 is 0 Å². The molecule has 0 fully saturated rings. The predicted octanol–water partition coefficient (Wildman–Crippen LogP) is 3.81. The minimum atomic E-state index is -0.0851. The third-order valence-electron chi connectivity index (χ3n) is 3.22. The van der Waals surface area contributed by atoms with E-state index in [-0.39, 0.29) is 5.78 Å². The number of hydrogen-bond acceptors (Lipinski definition) is 4. The van der Waals surface area contributed by atoms with Gasteiger partial charge < -0.3 is 10.5 Å². The maximum absolute atomic E-state index is 11.5. The van der Waals surface area contributed by atoms with E-state index < -0.39 is 0 Å². The molecule has 0 aliphatic carbocycles. The van der Waals surface area contributed by atoms with E-state index in [9.17, 15) is 4.79 Å². The number of nitrogens with zero attached hydrogens (tertiary/aromatic N) is 1. The average Bonchev–Trinajstić information content (AvgIpc) is 2.49. The molecule has 4 nitrogen and oxygen atoms in total. The van der Waals surface area contributed by atoms with Crippen molar-refractivity contribution in [1.29, 1.82) is 0 Å². The fourth-order valence-electron chi connectivity index (χ4n) is 2.15. The van der Waals surface area contributed by atoms with E-state index in [2.05, 4.69) is 4.98 Å². The van der Waals surface area contributed by atoms with Crippen molar-refractivity contribution in [2.24, 2.45) is 0 Å². The number of benzene rings is 2. The summed E-state index contributed by atoms with van der Waals surface area (Å²) in [5.41, 5.74) is 7.55. The van der Waals surface area contributed by atoms with Crippen molar-refractivity contribution in [3.8, 4) is 11.5 Å². The number of anilines is 1. The maximum atomic E-state index is 11.5. The van der Waals surface area contributed by atoms with Crippen LogP contribution in [0.4, 0.5) is 5.69 Å². The van der Waals surface area contributed by atoms with E-state index in [1.54, 1.807) is 24.4 Å². The number of Topliss-reactive ketones (excluding diaryl/α,β-unsaturated/α-hetero) is 1.